The highest BCUT2D eigenvalue weighted by molar-refractivity contribution is 5.88. The smallest absolute Gasteiger partial charge is 0.354 e. The fraction of sp³-hybridized carbons (Fsp3) is 0.222. The van der Waals surface area contributed by atoms with Gasteiger partial charge in [-0.25, -0.2) is 14.8 Å². The second kappa shape index (κ2) is 2.80. The summed E-state index contributed by atoms with van der Waals surface area (Å²) in [6.45, 7) is 1.85. The molecule has 2 heterocycles. The Kier molecular flexibility index (Phi) is 1.73. The van der Waals surface area contributed by atoms with Gasteiger partial charge in [0, 0.05) is 7.05 Å². The largest absolute Gasteiger partial charge is 0.477 e. The number of nitrogens with zero attached hydrogens (tertiary/aromatic N) is 3. The van der Waals surface area contributed by atoms with Gasteiger partial charge in [0.1, 0.15) is 11.3 Å². The van der Waals surface area contributed by atoms with Crippen molar-refractivity contribution in [3.63, 3.8) is 0 Å². The molecule has 0 spiro atoms. The highest BCUT2D eigenvalue weighted by Gasteiger charge is 2.09. The lowest BCUT2D eigenvalue weighted by Gasteiger charge is -1.96. The lowest BCUT2D eigenvalue weighted by Crippen LogP contribution is -2.01. The summed E-state index contributed by atoms with van der Waals surface area (Å²) in [4.78, 5) is 18.9. The molecule has 0 saturated carbocycles. The van der Waals surface area contributed by atoms with Crippen LogP contribution in [0, 0.1) is 6.92 Å². The summed E-state index contributed by atoms with van der Waals surface area (Å²) in [5, 5.41) is 8.75. The Labute approximate surface area is 80.0 Å². The van der Waals surface area contributed by atoms with E-state index in [0.29, 0.717) is 5.65 Å². The quantitative estimate of drug-likeness (QED) is 0.729. The summed E-state index contributed by atoms with van der Waals surface area (Å²) >= 11 is 0. The predicted molar refractivity (Wildman–Crippen MR) is 50.2 cm³/mol. The molecule has 0 fully saturated rings. The standard InChI is InChI=1S/C9H9N3O2/c1-5-10-6-3-4-7(9(13)14)11-8(6)12(5)2/h3-4H,1-2H3,(H,13,14). The molecule has 0 aliphatic heterocycles. The van der Waals surface area contributed by atoms with Crippen LogP contribution in [0.2, 0.25) is 0 Å². The van der Waals surface area contributed by atoms with Gasteiger partial charge in [-0.1, -0.05) is 0 Å². The number of carboxylic acid groups (broad SMARTS) is 1. The van der Waals surface area contributed by atoms with Crippen LogP contribution in [0.5, 0.6) is 0 Å². The Balaban J connectivity index is 2.76. The molecule has 2 rings (SSSR count). The second-order valence-corrected chi connectivity index (χ2v) is 3.06. The van der Waals surface area contributed by atoms with Crippen molar-refractivity contribution in [1.82, 2.24) is 14.5 Å². The Morgan fingerprint density at radius 3 is 2.79 bits per heavy atom. The Hall–Kier alpha value is -1.91. The number of imidazole rings is 1. The lowest BCUT2D eigenvalue weighted by molar-refractivity contribution is 0.0691. The summed E-state index contributed by atoms with van der Waals surface area (Å²) in [5.74, 6) is -0.208. The Morgan fingerprint density at radius 2 is 2.14 bits per heavy atom. The molecule has 0 aliphatic rings. The molecule has 0 amide bonds. The lowest BCUT2D eigenvalue weighted by atomic mass is 10.3. The maximum absolute atomic E-state index is 10.7. The predicted octanol–water partition coefficient (Wildman–Crippen LogP) is 0.975. The van der Waals surface area contributed by atoms with Crippen LogP contribution in [0.25, 0.3) is 11.2 Å². The van der Waals surface area contributed by atoms with E-state index in [4.69, 9.17) is 5.11 Å². The normalized spacial score (nSPS) is 10.7. The molecule has 5 heteroatoms. The van der Waals surface area contributed by atoms with Gasteiger partial charge in [-0.05, 0) is 19.1 Å². The van der Waals surface area contributed by atoms with Gasteiger partial charge in [0.05, 0.1) is 0 Å². The van der Waals surface area contributed by atoms with Crippen LogP contribution in [-0.2, 0) is 7.05 Å². The van der Waals surface area contributed by atoms with Crippen molar-refractivity contribution in [3.8, 4) is 0 Å². The van der Waals surface area contributed by atoms with Gasteiger partial charge in [-0.3, -0.25) is 0 Å². The van der Waals surface area contributed by atoms with Crippen molar-refractivity contribution in [2.75, 3.05) is 0 Å². The van der Waals surface area contributed by atoms with Crippen LogP contribution in [-0.4, -0.2) is 25.6 Å². The molecular weight excluding hydrogens is 182 g/mol. The van der Waals surface area contributed by atoms with E-state index < -0.39 is 5.97 Å². The molecule has 2 aromatic rings. The molecule has 0 radical (unpaired) electrons. The molecule has 0 bridgehead atoms. The van der Waals surface area contributed by atoms with E-state index in [1.807, 2.05) is 14.0 Å². The van der Waals surface area contributed by atoms with Crippen molar-refractivity contribution in [2.24, 2.45) is 7.05 Å². The van der Waals surface area contributed by atoms with E-state index in [1.165, 1.54) is 6.07 Å². The molecule has 2 aromatic heterocycles. The molecule has 0 aliphatic carbocycles. The van der Waals surface area contributed by atoms with Crippen LogP contribution in [0.3, 0.4) is 0 Å². The van der Waals surface area contributed by atoms with Crippen LogP contribution in [0.15, 0.2) is 12.1 Å². The summed E-state index contributed by atoms with van der Waals surface area (Å²) in [6.07, 6.45) is 0. The highest BCUT2D eigenvalue weighted by Crippen LogP contribution is 2.12. The van der Waals surface area contributed by atoms with Crippen molar-refractivity contribution in [3.05, 3.63) is 23.7 Å². The summed E-state index contributed by atoms with van der Waals surface area (Å²) in [5.41, 5.74) is 1.36. The van der Waals surface area contributed by atoms with E-state index in [2.05, 4.69) is 9.97 Å². The monoisotopic (exact) mass is 191 g/mol. The fourth-order valence-electron chi connectivity index (χ4n) is 1.30. The van der Waals surface area contributed by atoms with E-state index in [-0.39, 0.29) is 5.69 Å². The van der Waals surface area contributed by atoms with Crippen LogP contribution in [0.1, 0.15) is 16.3 Å². The number of pyridine rings is 1. The molecule has 1 N–H and O–H groups in total. The van der Waals surface area contributed by atoms with Crippen LogP contribution >= 0.6 is 0 Å². The first kappa shape index (κ1) is 8.68. The first-order valence-electron chi connectivity index (χ1n) is 4.13. The van der Waals surface area contributed by atoms with Gasteiger partial charge in [0.25, 0.3) is 0 Å². The topological polar surface area (TPSA) is 68.0 Å². The van der Waals surface area contributed by atoms with Crippen molar-refractivity contribution < 1.29 is 9.90 Å². The summed E-state index contributed by atoms with van der Waals surface area (Å²) in [7, 11) is 1.81. The van der Waals surface area contributed by atoms with Gasteiger partial charge in [0.2, 0.25) is 0 Å². The van der Waals surface area contributed by atoms with E-state index in [9.17, 15) is 4.79 Å². The third-order valence-corrected chi connectivity index (χ3v) is 2.16. The average Bonchev–Trinajstić information content (AvgIpc) is 2.43. The number of rotatable bonds is 1. The molecule has 0 aromatic carbocycles. The minimum Gasteiger partial charge on any atom is -0.477 e. The first-order valence-corrected chi connectivity index (χ1v) is 4.13. The van der Waals surface area contributed by atoms with Crippen molar-refractivity contribution in [1.29, 1.82) is 0 Å². The van der Waals surface area contributed by atoms with Gasteiger partial charge < -0.3 is 9.67 Å². The van der Waals surface area contributed by atoms with Gasteiger partial charge in [-0.2, -0.15) is 0 Å². The number of carboxylic acids is 1. The van der Waals surface area contributed by atoms with Crippen LogP contribution in [0.4, 0.5) is 0 Å². The van der Waals surface area contributed by atoms with E-state index >= 15 is 0 Å². The molecule has 5 nitrogen and oxygen atoms in total. The minimum absolute atomic E-state index is 0.0421. The number of carbonyl (C=O) groups is 1. The molecule has 0 unspecified atom stereocenters. The maximum Gasteiger partial charge on any atom is 0.354 e. The summed E-state index contributed by atoms with van der Waals surface area (Å²) in [6, 6.07) is 3.12. The third kappa shape index (κ3) is 1.14. The number of aryl methyl sites for hydroxylation is 2. The van der Waals surface area contributed by atoms with Gasteiger partial charge >= 0.3 is 5.97 Å². The zero-order chi connectivity index (χ0) is 10.3. The molecular formula is C9H9N3O2. The first-order chi connectivity index (χ1) is 6.59. The van der Waals surface area contributed by atoms with Gasteiger partial charge in [0.15, 0.2) is 11.3 Å². The van der Waals surface area contributed by atoms with E-state index in [0.717, 1.165) is 11.3 Å². The number of aromatic carboxylic acids is 1. The number of fused-ring (bicyclic) bond motifs is 1. The SMILES string of the molecule is Cc1nc2ccc(C(=O)O)nc2n1C. The molecule has 0 atom stereocenters. The van der Waals surface area contributed by atoms with Crippen molar-refractivity contribution >= 4 is 17.1 Å². The molecule has 0 saturated heterocycles. The number of hydrogen-bond donors (Lipinski definition) is 1. The molecule has 72 valence electrons. The number of hydrogen-bond acceptors (Lipinski definition) is 3. The minimum atomic E-state index is -1.02. The van der Waals surface area contributed by atoms with Crippen LogP contribution < -0.4 is 0 Å². The second-order valence-electron chi connectivity index (χ2n) is 3.06. The highest BCUT2D eigenvalue weighted by atomic mass is 16.4. The van der Waals surface area contributed by atoms with Gasteiger partial charge in [-0.15, -0.1) is 0 Å². The zero-order valence-corrected chi connectivity index (χ0v) is 7.85. The Bertz CT molecular complexity index is 516. The maximum atomic E-state index is 10.7. The van der Waals surface area contributed by atoms with E-state index in [1.54, 1.807) is 10.6 Å². The average molecular weight is 191 g/mol. The molecule has 14 heavy (non-hydrogen) atoms. The number of aromatic nitrogens is 3. The zero-order valence-electron chi connectivity index (χ0n) is 7.85. The Morgan fingerprint density at radius 1 is 1.43 bits per heavy atom. The third-order valence-electron chi connectivity index (χ3n) is 2.16. The van der Waals surface area contributed by atoms with Crippen molar-refractivity contribution in [2.45, 2.75) is 6.92 Å². The fourth-order valence-corrected chi connectivity index (χ4v) is 1.30. The summed E-state index contributed by atoms with van der Waals surface area (Å²) < 4.78 is 1.77.